The first kappa shape index (κ1) is 12.7. The van der Waals surface area contributed by atoms with Crippen molar-refractivity contribution in [2.45, 2.75) is 13.5 Å². The van der Waals surface area contributed by atoms with Crippen LogP contribution in [-0.2, 0) is 6.54 Å². The minimum atomic E-state index is -1.06. The number of hydrogen-bond acceptors (Lipinski definition) is 3. The van der Waals surface area contributed by atoms with Crippen LogP contribution in [0.1, 0.15) is 21.9 Å². The van der Waals surface area contributed by atoms with E-state index in [9.17, 15) is 4.79 Å². The lowest BCUT2D eigenvalue weighted by Crippen LogP contribution is -2.00. The molecule has 0 atom stereocenters. The Morgan fingerprint density at radius 2 is 2.17 bits per heavy atom. The molecule has 0 aliphatic carbocycles. The van der Waals surface area contributed by atoms with Gasteiger partial charge >= 0.3 is 5.97 Å². The topological polar surface area (TPSA) is 62.5 Å². The Kier molecular flexibility index (Phi) is 3.72. The predicted octanol–water partition coefficient (Wildman–Crippen LogP) is 3.66. The van der Waals surface area contributed by atoms with Crippen molar-refractivity contribution in [2.24, 2.45) is 0 Å². The van der Waals surface area contributed by atoms with Gasteiger partial charge in [0, 0.05) is 10.2 Å². The summed E-state index contributed by atoms with van der Waals surface area (Å²) in [6, 6.07) is 9.04. The van der Waals surface area contributed by atoms with Gasteiger partial charge in [-0.1, -0.05) is 22.0 Å². The van der Waals surface area contributed by atoms with Crippen molar-refractivity contribution in [2.75, 3.05) is 5.32 Å². The molecule has 0 aliphatic heterocycles. The molecule has 0 bridgehead atoms. The van der Waals surface area contributed by atoms with Gasteiger partial charge in [-0.15, -0.1) is 0 Å². The lowest BCUT2D eigenvalue weighted by molar-refractivity contribution is 0.0660. The fourth-order valence-electron chi connectivity index (χ4n) is 1.55. The molecular weight excluding hydrogens is 298 g/mol. The summed E-state index contributed by atoms with van der Waals surface area (Å²) in [5.41, 5.74) is 2.10. The lowest BCUT2D eigenvalue weighted by Gasteiger charge is -2.08. The Balaban J connectivity index is 2.06. The van der Waals surface area contributed by atoms with E-state index >= 15 is 0 Å². The van der Waals surface area contributed by atoms with Crippen LogP contribution in [0.2, 0.25) is 0 Å². The van der Waals surface area contributed by atoms with E-state index in [-0.39, 0.29) is 5.76 Å². The molecule has 94 valence electrons. The van der Waals surface area contributed by atoms with E-state index in [1.807, 2.05) is 25.1 Å². The minimum Gasteiger partial charge on any atom is -0.475 e. The van der Waals surface area contributed by atoms with E-state index in [0.717, 1.165) is 15.7 Å². The van der Waals surface area contributed by atoms with Gasteiger partial charge < -0.3 is 14.8 Å². The molecule has 4 nitrogen and oxygen atoms in total. The van der Waals surface area contributed by atoms with E-state index in [0.29, 0.717) is 12.3 Å². The van der Waals surface area contributed by atoms with Crippen molar-refractivity contribution in [1.29, 1.82) is 0 Å². The fourth-order valence-corrected chi connectivity index (χ4v) is 1.92. The summed E-state index contributed by atoms with van der Waals surface area (Å²) < 4.78 is 6.15. The summed E-state index contributed by atoms with van der Waals surface area (Å²) in [6.45, 7) is 2.45. The standard InChI is InChI=1S/C13H12BrNO3/c1-8-2-3-9(14)6-11(8)15-7-10-4-5-12(18-10)13(16)17/h2-6,15H,7H2,1H3,(H,16,17). The maximum Gasteiger partial charge on any atom is 0.371 e. The number of furan rings is 1. The van der Waals surface area contributed by atoms with E-state index in [1.54, 1.807) is 6.07 Å². The molecule has 1 heterocycles. The van der Waals surface area contributed by atoms with Crippen LogP contribution in [0.5, 0.6) is 0 Å². The van der Waals surface area contributed by atoms with Gasteiger partial charge in [-0.25, -0.2) is 4.79 Å². The van der Waals surface area contributed by atoms with Gasteiger partial charge in [-0.05, 0) is 36.8 Å². The van der Waals surface area contributed by atoms with Crippen molar-refractivity contribution in [3.05, 3.63) is 51.9 Å². The second-order valence-corrected chi connectivity index (χ2v) is 4.80. The average Bonchev–Trinajstić information content (AvgIpc) is 2.79. The normalized spacial score (nSPS) is 10.3. The number of rotatable bonds is 4. The van der Waals surface area contributed by atoms with Crippen LogP contribution in [0.25, 0.3) is 0 Å². The van der Waals surface area contributed by atoms with Crippen LogP contribution in [0.4, 0.5) is 5.69 Å². The summed E-state index contributed by atoms with van der Waals surface area (Å²) in [4.78, 5) is 10.7. The molecule has 0 spiro atoms. The molecule has 2 rings (SSSR count). The summed E-state index contributed by atoms with van der Waals surface area (Å²) in [5.74, 6) is -0.510. The highest BCUT2D eigenvalue weighted by Crippen LogP contribution is 2.21. The Labute approximate surface area is 113 Å². The third kappa shape index (κ3) is 2.92. The minimum absolute atomic E-state index is 0.0437. The number of anilines is 1. The summed E-state index contributed by atoms with van der Waals surface area (Å²) in [7, 11) is 0. The van der Waals surface area contributed by atoms with Crippen molar-refractivity contribution >= 4 is 27.6 Å². The van der Waals surface area contributed by atoms with Crippen molar-refractivity contribution in [3.8, 4) is 0 Å². The number of halogens is 1. The third-order valence-electron chi connectivity index (χ3n) is 2.53. The second-order valence-electron chi connectivity index (χ2n) is 3.88. The number of carboxylic acid groups (broad SMARTS) is 1. The van der Waals surface area contributed by atoms with Crippen LogP contribution in [0.15, 0.2) is 39.2 Å². The Morgan fingerprint density at radius 1 is 1.39 bits per heavy atom. The molecule has 0 radical (unpaired) electrons. The van der Waals surface area contributed by atoms with Crippen LogP contribution in [-0.4, -0.2) is 11.1 Å². The highest BCUT2D eigenvalue weighted by Gasteiger charge is 2.08. The summed E-state index contributed by atoms with van der Waals surface area (Å²) in [6.07, 6.45) is 0. The number of carboxylic acids is 1. The van der Waals surface area contributed by atoms with Gasteiger partial charge in [0.1, 0.15) is 5.76 Å². The highest BCUT2D eigenvalue weighted by atomic mass is 79.9. The van der Waals surface area contributed by atoms with Gasteiger partial charge in [0.05, 0.1) is 6.54 Å². The zero-order valence-electron chi connectivity index (χ0n) is 9.74. The summed E-state index contributed by atoms with van der Waals surface area (Å²) >= 11 is 3.40. The van der Waals surface area contributed by atoms with Crippen LogP contribution < -0.4 is 5.32 Å². The van der Waals surface area contributed by atoms with Crippen molar-refractivity contribution < 1.29 is 14.3 Å². The summed E-state index contributed by atoms with van der Waals surface area (Å²) in [5, 5.41) is 11.9. The Bertz CT molecular complexity index is 577. The van der Waals surface area contributed by atoms with Crippen LogP contribution in [0, 0.1) is 6.92 Å². The van der Waals surface area contributed by atoms with Crippen molar-refractivity contribution in [1.82, 2.24) is 0 Å². The van der Waals surface area contributed by atoms with Gasteiger partial charge in [0.2, 0.25) is 5.76 Å². The third-order valence-corrected chi connectivity index (χ3v) is 3.02. The SMILES string of the molecule is Cc1ccc(Br)cc1NCc1ccc(C(=O)O)o1. The van der Waals surface area contributed by atoms with Gasteiger partial charge in [0.15, 0.2) is 0 Å². The number of carbonyl (C=O) groups is 1. The molecule has 1 aromatic heterocycles. The molecule has 2 aromatic rings. The molecule has 0 fully saturated rings. The first-order chi connectivity index (χ1) is 8.56. The molecule has 5 heteroatoms. The number of nitrogens with one attached hydrogen (secondary N) is 1. The fraction of sp³-hybridized carbons (Fsp3) is 0.154. The maximum atomic E-state index is 10.7. The van der Waals surface area contributed by atoms with E-state index in [2.05, 4.69) is 21.2 Å². The quantitative estimate of drug-likeness (QED) is 0.904. The van der Waals surface area contributed by atoms with Crippen molar-refractivity contribution in [3.63, 3.8) is 0 Å². The number of benzene rings is 1. The maximum absolute atomic E-state index is 10.7. The zero-order chi connectivity index (χ0) is 13.1. The number of hydrogen-bond donors (Lipinski definition) is 2. The lowest BCUT2D eigenvalue weighted by atomic mass is 10.2. The molecule has 0 amide bonds. The molecule has 0 aliphatic rings. The van der Waals surface area contributed by atoms with Gasteiger partial charge in [-0.3, -0.25) is 0 Å². The molecule has 2 N–H and O–H groups in total. The Hall–Kier alpha value is -1.75. The molecule has 0 saturated carbocycles. The number of aryl methyl sites for hydroxylation is 1. The molecule has 0 unspecified atom stereocenters. The first-order valence-corrected chi connectivity index (χ1v) is 6.17. The average molecular weight is 310 g/mol. The smallest absolute Gasteiger partial charge is 0.371 e. The predicted molar refractivity (Wildman–Crippen MR) is 71.9 cm³/mol. The molecule has 18 heavy (non-hydrogen) atoms. The Morgan fingerprint density at radius 3 is 2.83 bits per heavy atom. The second kappa shape index (κ2) is 5.27. The number of aromatic carboxylic acids is 1. The molecule has 1 aromatic carbocycles. The highest BCUT2D eigenvalue weighted by molar-refractivity contribution is 9.10. The van der Waals surface area contributed by atoms with E-state index in [1.165, 1.54) is 6.07 Å². The monoisotopic (exact) mass is 309 g/mol. The first-order valence-electron chi connectivity index (χ1n) is 5.38. The molecular formula is C13H12BrNO3. The zero-order valence-corrected chi connectivity index (χ0v) is 11.3. The van der Waals surface area contributed by atoms with Crippen LogP contribution in [0.3, 0.4) is 0 Å². The van der Waals surface area contributed by atoms with Crippen LogP contribution >= 0.6 is 15.9 Å². The van der Waals surface area contributed by atoms with E-state index in [4.69, 9.17) is 9.52 Å². The largest absolute Gasteiger partial charge is 0.475 e. The van der Waals surface area contributed by atoms with E-state index < -0.39 is 5.97 Å². The molecule has 0 saturated heterocycles. The van der Waals surface area contributed by atoms with Gasteiger partial charge in [0.25, 0.3) is 0 Å². The van der Waals surface area contributed by atoms with Gasteiger partial charge in [-0.2, -0.15) is 0 Å².